The van der Waals surface area contributed by atoms with Gasteiger partial charge in [-0.1, -0.05) is 0 Å². The van der Waals surface area contributed by atoms with E-state index in [0.29, 0.717) is 0 Å². The Balaban J connectivity index is 2.12. The number of aryl methyl sites for hydroxylation is 1. The maximum atomic E-state index is 10.9. The summed E-state index contributed by atoms with van der Waals surface area (Å²) < 4.78 is 5.22. The first kappa shape index (κ1) is 10.4. The Bertz CT molecular complexity index is 571. The third-order valence-electron chi connectivity index (χ3n) is 3.63. The van der Waals surface area contributed by atoms with E-state index in [1.54, 1.807) is 7.11 Å². The third kappa shape index (κ3) is 1.62. The Hall–Kier alpha value is -1.77. The van der Waals surface area contributed by atoms with Gasteiger partial charge < -0.3 is 14.5 Å². The fourth-order valence-corrected chi connectivity index (χ4v) is 2.67. The number of aromatic amines is 1. The molecule has 0 fully saturated rings. The molecule has 1 atom stereocenters. The average Bonchev–Trinajstić information content (AvgIpc) is 2.74. The molecule has 1 aromatic carbocycles. The van der Waals surface area contributed by atoms with Crippen LogP contribution in [-0.2, 0) is 17.6 Å². The molecule has 0 spiro atoms. The molecule has 2 aromatic rings. The maximum Gasteiger partial charge on any atom is 0.123 e. The van der Waals surface area contributed by atoms with E-state index in [1.165, 1.54) is 16.6 Å². The largest absolute Gasteiger partial charge is 0.497 e. The molecular weight excluding hydrogens is 214 g/mol. The monoisotopic (exact) mass is 229 g/mol. The van der Waals surface area contributed by atoms with Crippen molar-refractivity contribution < 1.29 is 9.53 Å². The number of hydrogen-bond acceptors (Lipinski definition) is 2. The lowest BCUT2D eigenvalue weighted by Gasteiger charge is -2.16. The van der Waals surface area contributed by atoms with Gasteiger partial charge in [-0.25, -0.2) is 0 Å². The van der Waals surface area contributed by atoms with Crippen LogP contribution in [0, 0.1) is 5.92 Å². The summed E-state index contributed by atoms with van der Waals surface area (Å²) in [6, 6.07) is 6.07. The molecule has 1 N–H and O–H groups in total. The van der Waals surface area contributed by atoms with Crippen molar-refractivity contribution in [1.29, 1.82) is 0 Å². The topological polar surface area (TPSA) is 42.1 Å². The molecular formula is C14H15NO2. The zero-order chi connectivity index (χ0) is 11.8. The molecule has 3 heteroatoms. The molecule has 0 aliphatic heterocycles. The number of carbonyl (C=O) groups is 1. The summed E-state index contributed by atoms with van der Waals surface area (Å²) in [5, 5.41) is 1.23. The highest BCUT2D eigenvalue weighted by molar-refractivity contribution is 5.86. The van der Waals surface area contributed by atoms with Gasteiger partial charge in [-0.3, -0.25) is 0 Å². The standard InChI is InChI=1S/C14H15NO2/c1-17-10-3-4-11-12-6-9(8-16)2-5-13(12)15-14(11)7-10/h3-4,7-9,15H,2,5-6H2,1H3. The molecule has 0 bridgehead atoms. The van der Waals surface area contributed by atoms with Crippen LogP contribution in [0.3, 0.4) is 0 Å². The fourth-order valence-electron chi connectivity index (χ4n) is 2.67. The van der Waals surface area contributed by atoms with Crippen LogP contribution in [-0.4, -0.2) is 18.4 Å². The summed E-state index contributed by atoms with van der Waals surface area (Å²) in [7, 11) is 1.67. The van der Waals surface area contributed by atoms with E-state index in [-0.39, 0.29) is 5.92 Å². The molecule has 1 unspecified atom stereocenters. The Morgan fingerprint density at radius 1 is 1.47 bits per heavy atom. The van der Waals surface area contributed by atoms with Gasteiger partial charge in [-0.15, -0.1) is 0 Å². The van der Waals surface area contributed by atoms with Crippen LogP contribution in [0.2, 0.25) is 0 Å². The van der Waals surface area contributed by atoms with E-state index in [0.717, 1.165) is 36.8 Å². The molecule has 88 valence electrons. The highest BCUT2D eigenvalue weighted by Gasteiger charge is 2.21. The second kappa shape index (κ2) is 3.91. The quantitative estimate of drug-likeness (QED) is 0.804. The number of aromatic nitrogens is 1. The third-order valence-corrected chi connectivity index (χ3v) is 3.63. The number of methoxy groups -OCH3 is 1. The second-order valence-corrected chi connectivity index (χ2v) is 4.63. The van der Waals surface area contributed by atoms with E-state index >= 15 is 0 Å². The van der Waals surface area contributed by atoms with E-state index in [4.69, 9.17) is 4.74 Å². The van der Waals surface area contributed by atoms with Crippen LogP contribution < -0.4 is 4.74 Å². The smallest absolute Gasteiger partial charge is 0.123 e. The van der Waals surface area contributed by atoms with E-state index in [2.05, 4.69) is 11.1 Å². The normalized spacial score (nSPS) is 19.0. The Morgan fingerprint density at radius 2 is 2.35 bits per heavy atom. The van der Waals surface area contributed by atoms with Gasteiger partial charge in [-0.05, 0) is 37.0 Å². The highest BCUT2D eigenvalue weighted by atomic mass is 16.5. The first-order valence-electron chi connectivity index (χ1n) is 5.94. The van der Waals surface area contributed by atoms with Crippen LogP contribution >= 0.6 is 0 Å². The maximum absolute atomic E-state index is 10.9. The number of aldehydes is 1. The number of benzene rings is 1. The molecule has 1 aliphatic rings. The van der Waals surface area contributed by atoms with Crippen LogP contribution in [0.4, 0.5) is 0 Å². The molecule has 1 aliphatic carbocycles. The second-order valence-electron chi connectivity index (χ2n) is 4.63. The zero-order valence-electron chi connectivity index (χ0n) is 9.82. The summed E-state index contributed by atoms with van der Waals surface area (Å²) in [6.45, 7) is 0. The summed E-state index contributed by atoms with van der Waals surface area (Å²) >= 11 is 0. The minimum atomic E-state index is 0.184. The first-order chi connectivity index (χ1) is 8.31. The Labute approximate surface area is 99.8 Å². The van der Waals surface area contributed by atoms with Gasteiger partial charge in [0.2, 0.25) is 0 Å². The number of rotatable bonds is 2. The van der Waals surface area contributed by atoms with Crippen LogP contribution in [0.15, 0.2) is 18.2 Å². The van der Waals surface area contributed by atoms with Crippen molar-refractivity contribution in [3.8, 4) is 5.75 Å². The summed E-state index contributed by atoms with van der Waals surface area (Å²) in [5.74, 6) is 1.05. The van der Waals surface area contributed by atoms with Crippen LogP contribution in [0.25, 0.3) is 10.9 Å². The molecule has 3 rings (SSSR count). The number of hydrogen-bond donors (Lipinski definition) is 1. The predicted molar refractivity (Wildman–Crippen MR) is 66.4 cm³/mol. The molecule has 0 saturated heterocycles. The van der Waals surface area contributed by atoms with Crippen molar-refractivity contribution >= 4 is 17.2 Å². The Kier molecular flexibility index (Phi) is 2.39. The molecule has 1 heterocycles. The summed E-state index contributed by atoms with van der Waals surface area (Å²) in [6.07, 6.45) is 3.88. The molecule has 0 amide bonds. The van der Waals surface area contributed by atoms with Gasteiger partial charge in [-0.2, -0.15) is 0 Å². The van der Waals surface area contributed by atoms with Crippen molar-refractivity contribution in [2.24, 2.45) is 5.92 Å². The molecule has 17 heavy (non-hydrogen) atoms. The van der Waals surface area contributed by atoms with Gasteiger partial charge >= 0.3 is 0 Å². The molecule has 0 saturated carbocycles. The SMILES string of the molecule is COc1ccc2c3c([nH]c2c1)CCC(C=O)C3. The number of ether oxygens (including phenoxy) is 1. The molecule has 1 aromatic heterocycles. The van der Waals surface area contributed by atoms with Gasteiger partial charge in [0.15, 0.2) is 0 Å². The van der Waals surface area contributed by atoms with Gasteiger partial charge in [0.1, 0.15) is 12.0 Å². The lowest BCUT2D eigenvalue weighted by Crippen LogP contribution is -2.14. The molecule has 0 radical (unpaired) electrons. The summed E-state index contributed by atoms with van der Waals surface area (Å²) in [5.41, 5.74) is 3.71. The highest BCUT2D eigenvalue weighted by Crippen LogP contribution is 2.32. The van der Waals surface area contributed by atoms with Crippen molar-refractivity contribution in [3.63, 3.8) is 0 Å². The number of carbonyl (C=O) groups excluding carboxylic acids is 1. The van der Waals surface area contributed by atoms with Crippen molar-refractivity contribution in [3.05, 3.63) is 29.5 Å². The minimum Gasteiger partial charge on any atom is -0.497 e. The van der Waals surface area contributed by atoms with Gasteiger partial charge in [0.25, 0.3) is 0 Å². The average molecular weight is 229 g/mol. The molecule has 3 nitrogen and oxygen atoms in total. The summed E-state index contributed by atoms with van der Waals surface area (Å²) in [4.78, 5) is 14.3. The lowest BCUT2D eigenvalue weighted by atomic mass is 9.87. The lowest BCUT2D eigenvalue weighted by molar-refractivity contribution is -0.111. The van der Waals surface area contributed by atoms with Crippen molar-refractivity contribution in [2.45, 2.75) is 19.3 Å². The zero-order valence-corrected chi connectivity index (χ0v) is 9.82. The minimum absolute atomic E-state index is 0.184. The van der Waals surface area contributed by atoms with E-state index in [9.17, 15) is 4.79 Å². The first-order valence-corrected chi connectivity index (χ1v) is 5.94. The van der Waals surface area contributed by atoms with E-state index in [1.807, 2.05) is 12.1 Å². The van der Waals surface area contributed by atoms with Gasteiger partial charge in [0.05, 0.1) is 7.11 Å². The van der Waals surface area contributed by atoms with E-state index < -0.39 is 0 Å². The van der Waals surface area contributed by atoms with Crippen molar-refractivity contribution in [2.75, 3.05) is 7.11 Å². The number of fused-ring (bicyclic) bond motifs is 3. The van der Waals surface area contributed by atoms with Gasteiger partial charge in [0, 0.05) is 28.6 Å². The van der Waals surface area contributed by atoms with Crippen LogP contribution in [0.1, 0.15) is 17.7 Å². The fraction of sp³-hybridized carbons (Fsp3) is 0.357. The van der Waals surface area contributed by atoms with Crippen LogP contribution in [0.5, 0.6) is 5.75 Å². The number of nitrogens with one attached hydrogen (secondary N) is 1. The van der Waals surface area contributed by atoms with Crippen molar-refractivity contribution in [1.82, 2.24) is 4.98 Å². The number of H-pyrrole nitrogens is 1. The Morgan fingerprint density at radius 3 is 3.12 bits per heavy atom. The predicted octanol–water partition coefficient (Wildman–Crippen LogP) is 2.48.